The second-order valence-corrected chi connectivity index (χ2v) is 6.15. The number of carbonyl (C=O) groups excluding carboxylic acids is 3. The molecule has 27 heavy (non-hydrogen) atoms. The Morgan fingerprint density at radius 1 is 0.852 bits per heavy atom. The zero-order chi connectivity index (χ0) is 19.5. The largest absolute Gasteiger partial charge is 0.466 e. The van der Waals surface area contributed by atoms with Gasteiger partial charge >= 0.3 is 5.97 Å². The first-order valence-corrected chi connectivity index (χ1v) is 9.15. The molecule has 5 heteroatoms. The molecule has 0 aliphatic heterocycles. The highest BCUT2D eigenvalue weighted by molar-refractivity contribution is 5.97. The lowest BCUT2D eigenvalue weighted by atomic mass is 10.1. The van der Waals surface area contributed by atoms with Crippen molar-refractivity contribution in [1.82, 2.24) is 4.90 Å². The van der Waals surface area contributed by atoms with Crippen LogP contribution in [0, 0.1) is 0 Å². The standard InChI is InChI=1S/C22H25NO4/c1-2-27-22(26)15-16-23(17-18-9-5-3-6-10-18)21(25)14-13-20(24)19-11-7-4-8-12-19/h3-12H,2,13-17H2,1H3. The smallest absolute Gasteiger partial charge is 0.307 e. The first kappa shape index (κ1) is 20.4. The molecule has 142 valence electrons. The summed E-state index contributed by atoms with van der Waals surface area (Å²) < 4.78 is 4.95. The Bertz CT molecular complexity index is 743. The molecular weight excluding hydrogens is 342 g/mol. The van der Waals surface area contributed by atoms with Crippen molar-refractivity contribution in [3.05, 3.63) is 71.8 Å². The third kappa shape index (κ3) is 7.05. The van der Waals surface area contributed by atoms with Crippen molar-refractivity contribution in [1.29, 1.82) is 0 Å². The lowest BCUT2D eigenvalue weighted by molar-refractivity contribution is -0.144. The van der Waals surface area contributed by atoms with Crippen molar-refractivity contribution in [3.8, 4) is 0 Å². The Hall–Kier alpha value is -2.95. The Morgan fingerprint density at radius 2 is 1.48 bits per heavy atom. The van der Waals surface area contributed by atoms with Gasteiger partial charge in [0.15, 0.2) is 5.78 Å². The Balaban J connectivity index is 1.96. The predicted octanol–water partition coefficient (Wildman–Crippen LogP) is 3.63. The van der Waals surface area contributed by atoms with Gasteiger partial charge in [0.2, 0.25) is 5.91 Å². The Kier molecular flexibility index (Phi) is 8.23. The summed E-state index contributed by atoms with van der Waals surface area (Å²) >= 11 is 0. The number of esters is 1. The molecule has 0 aliphatic rings. The van der Waals surface area contributed by atoms with Gasteiger partial charge in [-0.05, 0) is 12.5 Å². The normalized spacial score (nSPS) is 10.3. The summed E-state index contributed by atoms with van der Waals surface area (Å²) in [6, 6.07) is 18.5. The van der Waals surface area contributed by atoms with E-state index in [1.54, 1.807) is 36.1 Å². The molecule has 0 atom stereocenters. The molecular formula is C22H25NO4. The molecule has 0 saturated carbocycles. The first-order valence-electron chi connectivity index (χ1n) is 9.15. The maximum Gasteiger partial charge on any atom is 0.307 e. The first-order chi connectivity index (χ1) is 13.1. The van der Waals surface area contributed by atoms with E-state index in [1.807, 2.05) is 36.4 Å². The highest BCUT2D eigenvalue weighted by Gasteiger charge is 2.17. The maximum atomic E-state index is 12.7. The van der Waals surface area contributed by atoms with Gasteiger partial charge in [0.05, 0.1) is 13.0 Å². The van der Waals surface area contributed by atoms with E-state index in [0.29, 0.717) is 18.7 Å². The number of ketones is 1. The summed E-state index contributed by atoms with van der Waals surface area (Å²) in [5.41, 5.74) is 1.58. The second-order valence-electron chi connectivity index (χ2n) is 6.15. The SMILES string of the molecule is CCOC(=O)CCN(Cc1ccccc1)C(=O)CCC(=O)c1ccccc1. The van der Waals surface area contributed by atoms with Crippen LogP contribution in [0.4, 0.5) is 0 Å². The average Bonchev–Trinajstić information content (AvgIpc) is 2.70. The van der Waals surface area contributed by atoms with Gasteiger partial charge in [0, 0.05) is 31.5 Å². The second kappa shape index (κ2) is 10.9. The zero-order valence-corrected chi connectivity index (χ0v) is 15.6. The number of benzene rings is 2. The highest BCUT2D eigenvalue weighted by Crippen LogP contribution is 2.11. The minimum absolute atomic E-state index is 0.0611. The highest BCUT2D eigenvalue weighted by atomic mass is 16.5. The minimum atomic E-state index is -0.330. The maximum absolute atomic E-state index is 12.7. The van der Waals surface area contributed by atoms with Crippen LogP contribution in [-0.4, -0.2) is 35.7 Å². The van der Waals surface area contributed by atoms with Crippen LogP contribution in [0.1, 0.15) is 42.1 Å². The summed E-state index contributed by atoms with van der Waals surface area (Å²) in [5.74, 6) is -0.537. The number of amides is 1. The molecule has 2 rings (SSSR count). The third-order valence-electron chi connectivity index (χ3n) is 4.12. The number of nitrogens with zero attached hydrogens (tertiary/aromatic N) is 1. The van der Waals surface area contributed by atoms with E-state index < -0.39 is 0 Å². The van der Waals surface area contributed by atoms with Crippen LogP contribution in [0.2, 0.25) is 0 Å². The summed E-state index contributed by atoms with van der Waals surface area (Å²) in [6.45, 7) is 2.74. The molecule has 1 amide bonds. The fourth-order valence-electron chi connectivity index (χ4n) is 2.70. The molecule has 5 nitrogen and oxygen atoms in total. The quantitative estimate of drug-likeness (QED) is 0.475. The van der Waals surface area contributed by atoms with E-state index in [9.17, 15) is 14.4 Å². The number of hydrogen-bond acceptors (Lipinski definition) is 4. The van der Waals surface area contributed by atoms with E-state index in [1.165, 1.54) is 0 Å². The fraction of sp³-hybridized carbons (Fsp3) is 0.318. The van der Waals surface area contributed by atoms with Crippen LogP contribution in [0.3, 0.4) is 0 Å². The fourth-order valence-corrected chi connectivity index (χ4v) is 2.70. The van der Waals surface area contributed by atoms with Crippen LogP contribution in [0.5, 0.6) is 0 Å². The summed E-state index contributed by atoms with van der Waals surface area (Å²) in [5, 5.41) is 0. The van der Waals surface area contributed by atoms with Gasteiger partial charge in [-0.2, -0.15) is 0 Å². The van der Waals surface area contributed by atoms with Crippen LogP contribution in [0.15, 0.2) is 60.7 Å². The monoisotopic (exact) mass is 367 g/mol. The van der Waals surface area contributed by atoms with Crippen LogP contribution >= 0.6 is 0 Å². The Labute approximate surface area is 159 Å². The average molecular weight is 367 g/mol. The molecule has 0 saturated heterocycles. The van der Waals surface area contributed by atoms with Gasteiger partial charge in [-0.15, -0.1) is 0 Å². The van der Waals surface area contributed by atoms with Crippen LogP contribution < -0.4 is 0 Å². The Morgan fingerprint density at radius 3 is 2.11 bits per heavy atom. The van der Waals surface area contributed by atoms with Gasteiger partial charge in [-0.25, -0.2) is 0 Å². The lowest BCUT2D eigenvalue weighted by Crippen LogP contribution is -2.33. The van der Waals surface area contributed by atoms with E-state index in [2.05, 4.69) is 0 Å². The number of carbonyl (C=O) groups is 3. The van der Waals surface area contributed by atoms with E-state index >= 15 is 0 Å². The minimum Gasteiger partial charge on any atom is -0.466 e. The van der Waals surface area contributed by atoms with Crippen LogP contribution in [0.25, 0.3) is 0 Å². The topological polar surface area (TPSA) is 63.7 Å². The van der Waals surface area contributed by atoms with Crippen molar-refractivity contribution in [2.75, 3.05) is 13.2 Å². The van der Waals surface area contributed by atoms with Gasteiger partial charge < -0.3 is 9.64 Å². The molecule has 0 unspecified atom stereocenters. The third-order valence-corrected chi connectivity index (χ3v) is 4.12. The van der Waals surface area contributed by atoms with Crippen molar-refractivity contribution >= 4 is 17.7 Å². The molecule has 0 fully saturated rings. The number of ether oxygens (including phenoxy) is 1. The lowest BCUT2D eigenvalue weighted by Gasteiger charge is -2.22. The van der Waals surface area contributed by atoms with E-state index in [0.717, 1.165) is 5.56 Å². The van der Waals surface area contributed by atoms with Crippen molar-refractivity contribution in [2.45, 2.75) is 32.7 Å². The van der Waals surface area contributed by atoms with Gasteiger partial charge in [0.25, 0.3) is 0 Å². The van der Waals surface area contributed by atoms with E-state index in [4.69, 9.17) is 4.74 Å². The number of hydrogen-bond donors (Lipinski definition) is 0. The van der Waals surface area contributed by atoms with E-state index in [-0.39, 0.29) is 43.5 Å². The molecule has 0 radical (unpaired) electrons. The molecule has 0 aliphatic carbocycles. The van der Waals surface area contributed by atoms with Crippen molar-refractivity contribution < 1.29 is 19.1 Å². The molecule has 2 aromatic rings. The summed E-state index contributed by atoms with van der Waals surface area (Å²) in [4.78, 5) is 38.2. The molecule has 0 bridgehead atoms. The molecule has 0 aromatic heterocycles. The molecule has 2 aromatic carbocycles. The number of Topliss-reactive ketones (excluding diaryl/α,β-unsaturated/α-hetero) is 1. The van der Waals surface area contributed by atoms with Crippen molar-refractivity contribution in [2.24, 2.45) is 0 Å². The van der Waals surface area contributed by atoms with Gasteiger partial charge in [-0.3, -0.25) is 14.4 Å². The van der Waals surface area contributed by atoms with Gasteiger partial charge in [0.1, 0.15) is 0 Å². The number of rotatable bonds is 10. The van der Waals surface area contributed by atoms with Gasteiger partial charge in [-0.1, -0.05) is 60.7 Å². The summed E-state index contributed by atoms with van der Waals surface area (Å²) in [7, 11) is 0. The predicted molar refractivity (Wildman–Crippen MR) is 103 cm³/mol. The van der Waals surface area contributed by atoms with Crippen LogP contribution in [-0.2, 0) is 20.9 Å². The molecule has 0 spiro atoms. The molecule has 0 heterocycles. The zero-order valence-electron chi connectivity index (χ0n) is 15.6. The van der Waals surface area contributed by atoms with Crippen molar-refractivity contribution in [3.63, 3.8) is 0 Å². The summed E-state index contributed by atoms with van der Waals surface area (Å²) in [6.07, 6.45) is 0.399. The molecule has 0 N–H and O–H groups in total.